The smallest absolute Gasteiger partial charge is 0.232 e. The number of allylic oxidation sites excluding steroid dienone is 1. The first kappa shape index (κ1) is 19.5. The fourth-order valence-electron chi connectivity index (χ4n) is 4.19. The Labute approximate surface area is 180 Å². The Morgan fingerprint density at radius 2 is 1.90 bits per heavy atom. The predicted octanol–water partition coefficient (Wildman–Crippen LogP) is 5.66. The Hall–Kier alpha value is -3.44. The molecule has 5 rings (SSSR count). The second-order valence-corrected chi connectivity index (χ2v) is 7.98. The molecule has 0 radical (unpaired) electrons. The zero-order chi connectivity index (χ0) is 21.5. The molecular weight excluding hydrogens is 393 g/mol. The highest BCUT2D eigenvalue weighted by Crippen LogP contribution is 2.45. The summed E-state index contributed by atoms with van der Waals surface area (Å²) in [5.41, 5.74) is 4.01. The molecule has 0 aliphatic carbocycles. The molecule has 0 saturated heterocycles. The first-order chi connectivity index (χ1) is 15.0. The van der Waals surface area contributed by atoms with Gasteiger partial charge in [0.15, 0.2) is 5.76 Å². The Morgan fingerprint density at radius 3 is 2.68 bits per heavy atom. The van der Waals surface area contributed by atoms with Crippen molar-refractivity contribution in [3.8, 4) is 11.5 Å². The number of Topliss-reactive ketones (excluding diaryl/α,β-unsaturated/α-hetero) is 1. The summed E-state index contributed by atoms with van der Waals surface area (Å²) in [5, 5.41) is 0. The van der Waals surface area contributed by atoms with E-state index < -0.39 is 0 Å². The van der Waals surface area contributed by atoms with Crippen LogP contribution in [0.2, 0.25) is 0 Å². The molecule has 3 aromatic rings. The first-order valence-electron chi connectivity index (χ1n) is 10.3. The first-order valence-corrected chi connectivity index (χ1v) is 10.3. The number of rotatable bonds is 3. The molecule has 0 aromatic heterocycles. The minimum Gasteiger partial charge on any atom is -0.478 e. The monoisotopic (exact) mass is 415 g/mol. The van der Waals surface area contributed by atoms with Crippen molar-refractivity contribution in [1.82, 2.24) is 4.90 Å². The van der Waals surface area contributed by atoms with Gasteiger partial charge in [-0.05, 0) is 54.8 Å². The highest BCUT2D eigenvalue weighted by molar-refractivity contribution is 6.15. The van der Waals surface area contributed by atoms with Crippen molar-refractivity contribution in [1.29, 1.82) is 0 Å². The zero-order valence-electron chi connectivity index (χ0n) is 17.4. The van der Waals surface area contributed by atoms with Crippen molar-refractivity contribution in [3.63, 3.8) is 0 Å². The number of nitrogens with zero attached hydrogens (tertiary/aromatic N) is 1. The molecule has 1 atom stereocenters. The summed E-state index contributed by atoms with van der Waals surface area (Å²) >= 11 is 0. The van der Waals surface area contributed by atoms with Gasteiger partial charge in [0.05, 0.1) is 11.1 Å². The van der Waals surface area contributed by atoms with E-state index in [1.807, 2.05) is 31.2 Å². The van der Waals surface area contributed by atoms with Gasteiger partial charge in [-0.25, -0.2) is 4.39 Å². The second kappa shape index (κ2) is 7.67. The van der Waals surface area contributed by atoms with Crippen molar-refractivity contribution in [2.24, 2.45) is 0 Å². The number of hydrogen-bond donors (Lipinski definition) is 0. The Bertz CT molecular complexity index is 1200. The van der Waals surface area contributed by atoms with Crippen LogP contribution in [0.1, 0.15) is 45.6 Å². The van der Waals surface area contributed by atoms with Crippen LogP contribution in [0.25, 0.3) is 6.08 Å². The van der Waals surface area contributed by atoms with Crippen molar-refractivity contribution in [3.05, 3.63) is 100 Å². The highest BCUT2D eigenvalue weighted by atomic mass is 19.1. The molecule has 5 heteroatoms. The molecule has 31 heavy (non-hydrogen) atoms. The number of carbonyl (C=O) groups is 1. The Kier molecular flexibility index (Phi) is 4.83. The van der Waals surface area contributed by atoms with Gasteiger partial charge >= 0.3 is 0 Å². The van der Waals surface area contributed by atoms with Crippen LogP contribution in [0.15, 0.2) is 66.4 Å². The number of benzene rings is 3. The van der Waals surface area contributed by atoms with E-state index in [-0.39, 0.29) is 23.4 Å². The molecule has 4 nitrogen and oxygen atoms in total. The van der Waals surface area contributed by atoms with Crippen LogP contribution in [-0.2, 0) is 6.54 Å². The van der Waals surface area contributed by atoms with E-state index >= 15 is 0 Å². The highest BCUT2D eigenvalue weighted by Gasteiger charge is 2.36. The van der Waals surface area contributed by atoms with E-state index in [0.717, 1.165) is 16.9 Å². The summed E-state index contributed by atoms with van der Waals surface area (Å²) in [4.78, 5) is 15.3. The van der Waals surface area contributed by atoms with E-state index in [2.05, 4.69) is 24.0 Å². The summed E-state index contributed by atoms with van der Waals surface area (Å²) < 4.78 is 25.7. The van der Waals surface area contributed by atoms with Crippen molar-refractivity contribution < 1.29 is 18.7 Å². The molecule has 0 bridgehead atoms. The van der Waals surface area contributed by atoms with Crippen LogP contribution in [0.3, 0.4) is 0 Å². The fourth-order valence-corrected chi connectivity index (χ4v) is 4.19. The zero-order valence-corrected chi connectivity index (χ0v) is 17.4. The normalized spacial score (nSPS) is 17.6. The van der Waals surface area contributed by atoms with Crippen LogP contribution < -0.4 is 9.47 Å². The lowest BCUT2D eigenvalue weighted by molar-refractivity contribution is 0.0605. The van der Waals surface area contributed by atoms with Gasteiger partial charge in [-0.2, -0.15) is 0 Å². The second-order valence-electron chi connectivity index (χ2n) is 7.98. The molecule has 0 fully saturated rings. The number of ketones is 1. The molecule has 0 N–H and O–H groups in total. The number of halogens is 1. The average Bonchev–Trinajstić information content (AvgIpc) is 3.10. The van der Waals surface area contributed by atoms with Gasteiger partial charge in [-0.1, -0.05) is 42.5 Å². The minimum absolute atomic E-state index is 0.144. The molecule has 2 aliphatic rings. The van der Waals surface area contributed by atoms with Gasteiger partial charge in [0.2, 0.25) is 5.78 Å². The van der Waals surface area contributed by atoms with Gasteiger partial charge < -0.3 is 9.47 Å². The number of aryl methyl sites for hydroxylation is 1. The quantitative estimate of drug-likeness (QED) is 0.517. The van der Waals surface area contributed by atoms with Crippen molar-refractivity contribution >= 4 is 11.9 Å². The number of carbonyl (C=O) groups excluding carboxylic acids is 1. The van der Waals surface area contributed by atoms with Gasteiger partial charge in [0.1, 0.15) is 24.0 Å². The lowest BCUT2D eigenvalue weighted by Gasteiger charge is -2.34. The Balaban J connectivity index is 1.50. The topological polar surface area (TPSA) is 38.8 Å². The van der Waals surface area contributed by atoms with Crippen LogP contribution in [0.5, 0.6) is 11.5 Å². The molecule has 2 heterocycles. The lowest BCUT2D eigenvalue weighted by atomic mass is 9.98. The molecule has 0 saturated carbocycles. The maximum absolute atomic E-state index is 13.6. The largest absolute Gasteiger partial charge is 0.478 e. The van der Waals surface area contributed by atoms with Crippen molar-refractivity contribution in [2.75, 3.05) is 6.73 Å². The predicted molar refractivity (Wildman–Crippen MR) is 116 cm³/mol. The van der Waals surface area contributed by atoms with Crippen LogP contribution >= 0.6 is 0 Å². The number of fused-ring (bicyclic) bond motifs is 3. The number of hydrogen-bond acceptors (Lipinski definition) is 4. The summed E-state index contributed by atoms with van der Waals surface area (Å²) in [7, 11) is 0. The molecule has 3 aromatic carbocycles. The molecule has 156 valence electrons. The van der Waals surface area contributed by atoms with Gasteiger partial charge in [-0.3, -0.25) is 9.69 Å². The molecule has 0 amide bonds. The van der Waals surface area contributed by atoms with E-state index in [0.29, 0.717) is 30.2 Å². The maximum Gasteiger partial charge on any atom is 0.232 e. The number of ether oxygens (including phenoxy) is 2. The SMILES string of the molecule is Cc1cc2c(c3c1C(=O)/C(=C/c1cccc(F)c1)O3)CN(C(C)c1ccccc1)CO2. The van der Waals surface area contributed by atoms with Gasteiger partial charge in [0, 0.05) is 12.6 Å². The maximum atomic E-state index is 13.6. The standard InChI is InChI=1S/C26H22FNO3/c1-16-11-22-21(14-28(15-30-22)17(2)19-8-4-3-5-9-19)26-24(16)25(29)23(31-26)13-18-7-6-10-20(27)12-18/h3-13,17H,14-15H2,1-2H3/b23-13-. The van der Waals surface area contributed by atoms with Crippen LogP contribution in [0, 0.1) is 12.7 Å². The van der Waals surface area contributed by atoms with Gasteiger partial charge in [0.25, 0.3) is 0 Å². The van der Waals surface area contributed by atoms with E-state index in [1.54, 1.807) is 18.2 Å². The van der Waals surface area contributed by atoms with E-state index in [9.17, 15) is 9.18 Å². The van der Waals surface area contributed by atoms with Crippen LogP contribution in [-0.4, -0.2) is 17.4 Å². The third-order valence-electron chi connectivity index (χ3n) is 5.93. The van der Waals surface area contributed by atoms with Crippen molar-refractivity contribution in [2.45, 2.75) is 26.4 Å². The van der Waals surface area contributed by atoms with E-state index in [1.165, 1.54) is 17.7 Å². The van der Waals surface area contributed by atoms with Crippen LogP contribution in [0.4, 0.5) is 4.39 Å². The fraction of sp³-hybridized carbons (Fsp3) is 0.192. The lowest BCUT2D eigenvalue weighted by Crippen LogP contribution is -2.34. The minimum atomic E-state index is -0.357. The molecule has 0 spiro atoms. The summed E-state index contributed by atoms with van der Waals surface area (Å²) in [6, 6.07) is 18.4. The van der Waals surface area contributed by atoms with E-state index in [4.69, 9.17) is 9.47 Å². The molecule has 2 aliphatic heterocycles. The van der Waals surface area contributed by atoms with Gasteiger partial charge in [-0.15, -0.1) is 0 Å². The summed E-state index contributed by atoms with van der Waals surface area (Å²) in [5.74, 6) is 0.947. The molecule has 1 unspecified atom stereocenters. The third kappa shape index (κ3) is 3.51. The third-order valence-corrected chi connectivity index (χ3v) is 5.93. The molecular formula is C26H22FNO3. The Morgan fingerprint density at radius 1 is 1.10 bits per heavy atom. The average molecular weight is 415 g/mol. The summed E-state index contributed by atoms with van der Waals surface area (Å²) in [6.45, 7) is 5.09. The summed E-state index contributed by atoms with van der Waals surface area (Å²) in [6.07, 6.45) is 1.59.